The summed E-state index contributed by atoms with van der Waals surface area (Å²) < 4.78 is 5.44. The molecule has 2 unspecified atom stereocenters. The lowest BCUT2D eigenvalue weighted by atomic mass is 9.80. The van der Waals surface area contributed by atoms with Gasteiger partial charge in [-0.15, -0.1) is 0 Å². The van der Waals surface area contributed by atoms with Crippen LogP contribution in [0.1, 0.15) is 50.2 Å². The molecule has 2 amide bonds. The van der Waals surface area contributed by atoms with Crippen LogP contribution in [0.2, 0.25) is 0 Å². The molecule has 2 atom stereocenters. The summed E-state index contributed by atoms with van der Waals surface area (Å²) >= 11 is 0. The molecule has 1 saturated carbocycles. The van der Waals surface area contributed by atoms with Gasteiger partial charge in [0.2, 0.25) is 0 Å². The van der Waals surface area contributed by atoms with Gasteiger partial charge in [-0.3, -0.25) is 0 Å². The number of nitrogens with one attached hydrogen (secondary N) is 2. The SMILES string of the molecule is Cc1cc(C(C)(O)CNC(=O)NC(C)C2CCC2)c(C)o1. The Bertz CT molecular complexity index is 504. The molecule has 0 bridgehead atoms. The summed E-state index contributed by atoms with van der Waals surface area (Å²) in [4.78, 5) is 11.9. The molecule has 0 saturated heterocycles. The Hall–Kier alpha value is -1.49. The summed E-state index contributed by atoms with van der Waals surface area (Å²) in [5.41, 5.74) is -0.425. The van der Waals surface area contributed by atoms with E-state index in [0.29, 0.717) is 17.2 Å². The van der Waals surface area contributed by atoms with Crippen LogP contribution >= 0.6 is 0 Å². The summed E-state index contributed by atoms with van der Waals surface area (Å²) in [7, 11) is 0. The van der Waals surface area contributed by atoms with Gasteiger partial charge in [0.25, 0.3) is 0 Å². The van der Waals surface area contributed by atoms with Crippen molar-refractivity contribution in [3.05, 3.63) is 23.2 Å². The highest BCUT2D eigenvalue weighted by Gasteiger charge is 2.29. The average Bonchev–Trinajstić information content (AvgIpc) is 2.64. The summed E-state index contributed by atoms with van der Waals surface area (Å²) in [6.45, 7) is 7.52. The van der Waals surface area contributed by atoms with Crippen molar-refractivity contribution in [2.24, 2.45) is 5.92 Å². The second-order valence-corrected chi connectivity index (χ2v) is 6.41. The highest BCUT2D eigenvalue weighted by atomic mass is 16.3. The molecule has 1 aromatic rings. The van der Waals surface area contributed by atoms with E-state index in [0.717, 1.165) is 5.76 Å². The van der Waals surface area contributed by atoms with E-state index in [9.17, 15) is 9.90 Å². The third-order valence-electron chi connectivity index (χ3n) is 4.43. The van der Waals surface area contributed by atoms with Crippen LogP contribution in [-0.2, 0) is 5.60 Å². The Balaban J connectivity index is 1.86. The molecule has 1 heterocycles. The molecule has 118 valence electrons. The predicted molar refractivity (Wildman–Crippen MR) is 81.1 cm³/mol. The monoisotopic (exact) mass is 294 g/mol. The first kappa shape index (κ1) is 15.9. The topological polar surface area (TPSA) is 74.5 Å². The first-order chi connectivity index (χ1) is 9.79. The van der Waals surface area contributed by atoms with Crippen molar-refractivity contribution in [1.29, 1.82) is 0 Å². The van der Waals surface area contributed by atoms with Crippen molar-refractivity contribution < 1.29 is 14.3 Å². The van der Waals surface area contributed by atoms with E-state index in [-0.39, 0.29) is 18.6 Å². The van der Waals surface area contributed by atoms with Crippen molar-refractivity contribution in [1.82, 2.24) is 10.6 Å². The number of amides is 2. The molecular formula is C16H26N2O3. The summed E-state index contributed by atoms with van der Waals surface area (Å²) in [5, 5.41) is 16.2. The van der Waals surface area contributed by atoms with E-state index in [1.807, 2.05) is 26.8 Å². The molecule has 5 nitrogen and oxygen atoms in total. The number of aryl methyl sites for hydroxylation is 2. The Morgan fingerprint density at radius 1 is 1.52 bits per heavy atom. The molecule has 0 aromatic carbocycles. The zero-order valence-electron chi connectivity index (χ0n) is 13.3. The highest BCUT2D eigenvalue weighted by molar-refractivity contribution is 5.74. The molecule has 1 aromatic heterocycles. The molecule has 0 spiro atoms. The van der Waals surface area contributed by atoms with Crippen molar-refractivity contribution in [3.8, 4) is 0 Å². The fraction of sp³-hybridized carbons (Fsp3) is 0.688. The van der Waals surface area contributed by atoms with E-state index in [1.165, 1.54) is 19.3 Å². The van der Waals surface area contributed by atoms with Gasteiger partial charge in [-0.05, 0) is 52.5 Å². The number of furan rings is 1. The highest BCUT2D eigenvalue weighted by Crippen LogP contribution is 2.29. The quantitative estimate of drug-likeness (QED) is 0.781. The minimum absolute atomic E-state index is 0.149. The Labute approximate surface area is 126 Å². The van der Waals surface area contributed by atoms with Gasteiger partial charge in [0, 0.05) is 11.6 Å². The van der Waals surface area contributed by atoms with Gasteiger partial charge in [0.1, 0.15) is 17.1 Å². The zero-order chi connectivity index (χ0) is 15.6. The maximum Gasteiger partial charge on any atom is 0.315 e. The molecule has 1 aliphatic rings. The summed E-state index contributed by atoms with van der Waals surface area (Å²) in [6.07, 6.45) is 3.63. The second kappa shape index (κ2) is 6.10. The van der Waals surface area contributed by atoms with Gasteiger partial charge in [-0.25, -0.2) is 4.79 Å². The van der Waals surface area contributed by atoms with Gasteiger partial charge < -0.3 is 20.2 Å². The molecule has 0 aliphatic heterocycles. The molecule has 3 N–H and O–H groups in total. The van der Waals surface area contributed by atoms with Crippen LogP contribution in [0.5, 0.6) is 0 Å². The summed E-state index contributed by atoms with van der Waals surface area (Å²) in [5.74, 6) is 2.03. The first-order valence-electron chi connectivity index (χ1n) is 7.64. The Kier molecular flexibility index (Phi) is 4.61. The molecule has 1 fully saturated rings. The van der Waals surface area contributed by atoms with Crippen LogP contribution < -0.4 is 10.6 Å². The van der Waals surface area contributed by atoms with Gasteiger partial charge in [0.15, 0.2) is 0 Å². The minimum Gasteiger partial charge on any atom is -0.466 e. The van der Waals surface area contributed by atoms with Gasteiger partial charge >= 0.3 is 6.03 Å². The molecule has 1 aliphatic carbocycles. The van der Waals surface area contributed by atoms with Gasteiger partial charge in [-0.2, -0.15) is 0 Å². The largest absolute Gasteiger partial charge is 0.466 e. The number of aliphatic hydroxyl groups is 1. The normalized spacial score (nSPS) is 19.5. The van der Waals surface area contributed by atoms with Gasteiger partial charge in [-0.1, -0.05) is 6.42 Å². The second-order valence-electron chi connectivity index (χ2n) is 6.41. The lowest BCUT2D eigenvalue weighted by Gasteiger charge is -2.32. The van der Waals surface area contributed by atoms with E-state index in [2.05, 4.69) is 10.6 Å². The van der Waals surface area contributed by atoms with E-state index in [1.54, 1.807) is 6.92 Å². The Morgan fingerprint density at radius 2 is 2.19 bits per heavy atom. The van der Waals surface area contributed by atoms with Crippen LogP contribution in [-0.4, -0.2) is 23.7 Å². The fourth-order valence-electron chi connectivity index (χ4n) is 2.83. The number of carbonyl (C=O) groups excluding carboxylic acids is 1. The van der Waals surface area contributed by atoms with Gasteiger partial charge in [0.05, 0.1) is 6.54 Å². The maximum atomic E-state index is 11.9. The van der Waals surface area contributed by atoms with Crippen LogP contribution in [0, 0.1) is 19.8 Å². The molecular weight excluding hydrogens is 268 g/mol. The number of carbonyl (C=O) groups is 1. The maximum absolute atomic E-state index is 11.9. The van der Waals surface area contributed by atoms with Crippen molar-refractivity contribution in [3.63, 3.8) is 0 Å². The first-order valence-corrected chi connectivity index (χ1v) is 7.64. The van der Waals surface area contributed by atoms with Crippen molar-refractivity contribution in [2.75, 3.05) is 6.54 Å². The van der Waals surface area contributed by atoms with E-state index in [4.69, 9.17) is 4.42 Å². The standard InChI is InChI=1S/C16H26N2O3/c1-10-8-14(12(3)21-10)16(4,20)9-17-15(19)18-11(2)13-6-5-7-13/h8,11,13,20H,5-7,9H2,1-4H3,(H2,17,18,19). The molecule has 21 heavy (non-hydrogen) atoms. The predicted octanol–water partition coefficient (Wildman–Crippen LogP) is 2.59. The van der Waals surface area contributed by atoms with Crippen LogP contribution in [0.25, 0.3) is 0 Å². The number of urea groups is 1. The number of hydrogen-bond donors (Lipinski definition) is 3. The minimum atomic E-state index is -1.14. The van der Waals surface area contributed by atoms with Crippen molar-refractivity contribution >= 4 is 6.03 Å². The molecule has 2 rings (SSSR count). The molecule has 5 heteroatoms. The van der Waals surface area contributed by atoms with E-state index >= 15 is 0 Å². The molecule has 0 radical (unpaired) electrons. The number of hydrogen-bond acceptors (Lipinski definition) is 3. The smallest absolute Gasteiger partial charge is 0.315 e. The Morgan fingerprint density at radius 3 is 2.67 bits per heavy atom. The third-order valence-corrected chi connectivity index (χ3v) is 4.43. The third kappa shape index (κ3) is 3.79. The summed E-state index contributed by atoms with van der Waals surface area (Å²) in [6, 6.07) is 1.76. The lowest BCUT2D eigenvalue weighted by Crippen LogP contribution is -2.48. The lowest BCUT2D eigenvalue weighted by molar-refractivity contribution is 0.0576. The van der Waals surface area contributed by atoms with E-state index < -0.39 is 5.60 Å². The van der Waals surface area contributed by atoms with Crippen LogP contribution in [0.3, 0.4) is 0 Å². The van der Waals surface area contributed by atoms with Crippen LogP contribution in [0.15, 0.2) is 10.5 Å². The fourth-order valence-corrected chi connectivity index (χ4v) is 2.83. The average molecular weight is 294 g/mol. The zero-order valence-corrected chi connectivity index (χ0v) is 13.3. The number of rotatable bonds is 5. The van der Waals surface area contributed by atoms with Crippen molar-refractivity contribution in [2.45, 2.75) is 58.6 Å². The van der Waals surface area contributed by atoms with Crippen LogP contribution in [0.4, 0.5) is 4.79 Å².